The second-order valence-electron chi connectivity index (χ2n) is 5.01. The van der Waals surface area contributed by atoms with Crippen LogP contribution < -0.4 is 0 Å². The van der Waals surface area contributed by atoms with Gasteiger partial charge >= 0.3 is 5.97 Å². The normalized spacial score (nSPS) is 10.5. The fourth-order valence-electron chi connectivity index (χ4n) is 2.47. The highest BCUT2D eigenvalue weighted by atomic mass is 79.9. The minimum Gasteiger partial charge on any atom is -0.465 e. The number of benzene rings is 2. The molecule has 0 radical (unpaired) electrons. The van der Waals surface area contributed by atoms with Gasteiger partial charge in [-0.15, -0.1) is 0 Å². The first-order valence-electron chi connectivity index (χ1n) is 7.13. The Balaban J connectivity index is 1.99. The molecule has 1 heterocycles. The Hall–Kier alpha value is -2.40. The number of esters is 1. The minimum atomic E-state index is -0.330. The average Bonchev–Trinajstić information content (AvgIpc) is 3.03. The van der Waals surface area contributed by atoms with Crippen LogP contribution in [0, 0.1) is 0 Å². The molecule has 0 fully saturated rings. The van der Waals surface area contributed by atoms with Gasteiger partial charge in [-0.3, -0.25) is 0 Å². The smallest absolute Gasteiger partial charge is 0.338 e. The Labute approximate surface area is 142 Å². The molecule has 5 heteroatoms. The second kappa shape index (κ2) is 6.79. The molecule has 0 spiro atoms. The fourth-order valence-corrected chi connectivity index (χ4v) is 2.94. The molecule has 0 saturated carbocycles. The van der Waals surface area contributed by atoms with Gasteiger partial charge in [0.25, 0.3) is 0 Å². The number of methoxy groups -OCH3 is 1. The molecule has 0 unspecified atom stereocenters. The molecule has 0 aliphatic carbocycles. The summed E-state index contributed by atoms with van der Waals surface area (Å²) >= 11 is 3.56. The third kappa shape index (κ3) is 3.19. The van der Waals surface area contributed by atoms with Gasteiger partial charge < -0.3 is 9.30 Å². The van der Waals surface area contributed by atoms with E-state index in [0.29, 0.717) is 12.1 Å². The first kappa shape index (κ1) is 15.5. The zero-order valence-electron chi connectivity index (χ0n) is 12.6. The van der Waals surface area contributed by atoms with Crippen molar-refractivity contribution < 1.29 is 9.53 Å². The number of nitrogens with zero attached hydrogens (tertiary/aromatic N) is 2. The van der Waals surface area contributed by atoms with Gasteiger partial charge in [0, 0.05) is 29.0 Å². The molecule has 4 nitrogen and oxygen atoms in total. The SMILES string of the molecule is COC(=O)c1ccccc1Cn1ccnc1-c1ccccc1Br. The van der Waals surface area contributed by atoms with Crippen molar-refractivity contribution in [1.29, 1.82) is 0 Å². The zero-order chi connectivity index (χ0) is 16.2. The van der Waals surface area contributed by atoms with Crippen LogP contribution in [0.3, 0.4) is 0 Å². The molecule has 0 bridgehead atoms. The van der Waals surface area contributed by atoms with Crippen molar-refractivity contribution in [2.45, 2.75) is 6.54 Å². The van der Waals surface area contributed by atoms with Crippen molar-refractivity contribution >= 4 is 21.9 Å². The van der Waals surface area contributed by atoms with Gasteiger partial charge in [0.15, 0.2) is 0 Å². The van der Waals surface area contributed by atoms with Crippen LogP contribution in [0.25, 0.3) is 11.4 Å². The number of halogens is 1. The number of carbonyl (C=O) groups excluding carboxylic acids is 1. The molecule has 0 atom stereocenters. The Bertz CT molecular complexity index is 842. The van der Waals surface area contributed by atoms with Crippen LogP contribution in [0.4, 0.5) is 0 Å². The van der Waals surface area contributed by atoms with Crippen LogP contribution >= 0.6 is 15.9 Å². The quantitative estimate of drug-likeness (QED) is 0.648. The van der Waals surface area contributed by atoms with Crippen molar-refractivity contribution in [2.75, 3.05) is 7.11 Å². The lowest BCUT2D eigenvalue weighted by Gasteiger charge is -2.12. The van der Waals surface area contributed by atoms with Crippen LogP contribution in [0.2, 0.25) is 0 Å². The highest BCUT2D eigenvalue weighted by Gasteiger charge is 2.14. The van der Waals surface area contributed by atoms with Gasteiger partial charge in [-0.05, 0) is 17.7 Å². The molecular formula is C18H15BrN2O2. The number of ether oxygens (including phenoxy) is 1. The molecule has 2 aromatic carbocycles. The lowest BCUT2D eigenvalue weighted by atomic mass is 10.1. The van der Waals surface area contributed by atoms with Crippen LogP contribution in [0.5, 0.6) is 0 Å². The van der Waals surface area contributed by atoms with Crippen LogP contribution in [0.1, 0.15) is 15.9 Å². The summed E-state index contributed by atoms with van der Waals surface area (Å²) in [6.45, 7) is 0.544. The first-order valence-corrected chi connectivity index (χ1v) is 7.92. The predicted octanol–water partition coefficient (Wildman–Crippen LogP) is 4.15. The van der Waals surface area contributed by atoms with E-state index in [9.17, 15) is 4.79 Å². The highest BCUT2D eigenvalue weighted by molar-refractivity contribution is 9.10. The lowest BCUT2D eigenvalue weighted by molar-refractivity contribution is 0.0599. The highest BCUT2D eigenvalue weighted by Crippen LogP contribution is 2.27. The largest absolute Gasteiger partial charge is 0.465 e. The van der Waals surface area contributed by atoms with Gasteiger partial charge in [-0.25, -0.2) is 9.78 Å². The Kier molecular flexibility index (Phi) is 4.57. The van der Waals surface area contributed by atoms with E-state index in [-0.39, 0.29) is 5.97 Å². The maximum absolute atomic E-state index is 11.9. The summed E-state index contributed by atoms with van der Waals surface area (Å²) in [5.41, 5.74) is 2.47. The van der Waals surface area contributed by atoms with Gasteiger partial charge in [-0.1, -0.05) is 52.3 Å². The molecule has 0 aliphatic heterocycles. The summed E-state index contributed by atoms with van der Waals surface area (Å²) in [5, 5.41) is 0. The van der Waals surface area contributed by atoms with E-state index in [0.717, 1.165) is 21.4 Å². The van der Waals surface area contributed by atoms with Crippen molar-refractivity contribution in [3.05, 3.63) is 76.5 Å². The maximum atomic E-state index is 11.9. The molecule has 116 valence electrons. The van der Waals surface area contributed by atoms with Gasteiger partial charge in [0.1, 0.15) is 5.82 Å². The zero-order valence-corrected chi connectivity index (χ0v) is 14.2. The van der Waals surface area contributed by atoms with Crippen molar-refractivity contribution in [3.63, 3.8) is 0 Å². The topological polar surface area (TPSA) is 44.1 Å². The summed E-state index contributed by atoms with van der Waals surface area (Å²) in [6, 6.07) is 15.4. The van der Waals surface area contributed by atoms with E-state index in [4.69, 9.17) is 4.74 Å². The number of hydrogen-bond acceptors (Lipinski definition) is 3. The van der Waals surface area contributed by atoms with Crippen LogP contribution in [0.15, 0.2) is 65.4 Å². The maximum Gasteiger partial charge on any atom is 0.338 e. The second-order valence-corrected chi connectivity index (χ2v) is 5.86. The molecule has 3 rings (SSSR count). The van der Waals surface area contributed by atoms with E-state index in [2.05, 4.69) is 20.9 Å². The van der Waals surface area contributed by atoms with Gasteiger partial charge in [0.2, 0.25) is 0 Å². The molecule has 3 aromatic rings. The number of imidazole rings is 1. The number of carbonyl (C=O) groups is 1. The molecule has 0 saturated heterocycles. The van der Waals surface area contributed by atoms with Crippen molar-refractivity contribution in [1.82, 2.24) is 9.55 Å². The van der Waals surface area contributed by atoms with Gasteiger partial charge in [0.05, 0.1) is 12.7 Å². The third-order valence-corrected chi connectivity index (χ3v) is 4.29. The Morgan fingerprint density at radius 1 is 1.17 bits per heavy atom. The summed E-state index contributed by atoms with van der Waals surface area (Å²) < 4.78 is 7.85. The molecular weight excluding hydrogens is 356 g/mol. The number of hydrogen-bond donors (Lipinski definition) is 0. The van der Waals surface area contributed by atoms with E-state index >= 15 is 0 Å². The van der Waals surface area contributed by atoms with E-state index in [1.165, 1.54) is 7.11 Å². The molecule has 0 amide bonds. The first-order chi connectivity index (χ1) is 11.2. The minimum absolute atomic E-state index is 0.330. The molecule has 23 heavy (non-hydrogen) atoms. The predicted molar refractivity (Wildman–Crippen MR) is 92.2 cm³/mol. The third-order valence-electron chi connectivity index (χ3n) is 3.59. The van der Waals surface area contributed by atoms with Gasteiger partial charge in [-0.2, -0.15) is 0 Å². The fraction of sp³-hybridized carbons (Fsp3) is 0.111. The van der Waals surface area contributed by atoms with Crippen LogP contribution in [-0.4, -0.2) is 22.6 Å². The molecule has 0 aliphatic rings. The lowest BCUT2D eigenvalue weighted by Crippen LogP contribution is -2.09. The summed E-state index contributed by atoms with van der Waals surface area (Å²) in [4.78, 5) is 16.4. The Morgan fingerprint density at radius 2 is 1.91 bits per heavy atom. The molecule has 0 N–H and O–H groups in total. The average molecular weight is 371 g/mol. The van der Waals surface area contributed by atoms with E-state index < -0.39 is 0 Å². The van der Waals surface area contributed by atoms with Crippen molar-refractivity contribution in [3.8, 4) is 11.4 Å². The summed E-state index contributed by atoms with van der Waals surface area (Å²) in [7, 11) is 1.39. The number of aromatic nitrogens is 2. The van der Waals surface area contributed by atoms with E-state index in [1.54, 1.807) is 12.3 Å². The Morgan fingerprint density at radius 3 is 2.70 bits per heavy atom. The summed E-state index contributed by atoms with van der Waals surface area (Å²) in [5.74, 6) is 0.514. The summed E-state index contributed by atoms with van der Waals surface area (Å²) in [6.07, 6.45) is 3.67. The molecule has 1 aromatic heterocycles. The van der Waals surface area contributed by atoms with E-state index in [1.807, 2.05) is 53.2 Å². The standard InChI is InChI=1S/C18H15BrN2O2/c1-23-18(22)14-7-3-2-6-13(14)12-21-11-10-20-17(21)15-8-4-5-9-16(15)19/h2-11H,12H2,1H3. The number of rotatable bonds is 4. The monoisotopic (exact) mass is 370 g/mol. The van der Waals surface area contributed by atoms with Crippen molar-refractivity contribution in [2.24, 2.45) is 0 Å². The van der Waals surface area contributed by atoms with Crippen LogP contribution in [-0.2, 0) is 11.3 Å².